The summed E-state index contributed by atoms with van der Waals surface area (Å²) in [4.78, 5) is 9.78. The Morgan fingerprint density at radius 2 is 2.11 bits per heavy atom. The van der Waals surface area contributed by atoms with Crippen LogP contribution in [-0.4, -0.2) is 11.0 Å². The van der Waals surface area contributed by atoms with Crippen molar-refractivity contribution in [2.24, 2.45) is 0 Å². The molecule has 48 valence electrons. The summed E-state index contributed by atoms with van der Waals surface area (Å²) < 4.78 is 1.87. The Bertz CT molecular complexity index is 169. The first-order chi connectivity index (χ1) is 4.43. The number of carbonyl (C=O) groups excluding carboxylic acids is 1. The Morgan fingerprint density at radius 1 is 1.44 bits per heavy atom. The first-order valence-electron chi connectivity index (χ1n) is 2.71. The van der Waals surface area contributed by atoms with E-state index < -0.39 is 0 Å². The zero-order chi connectivity index (χ0) is 6.53. The number of carbonyl (C=O) groups is 1. The summed E-state index contributed by atoms with van der Waals surface area (Å²) in [5, 5.41) is 2.53. The molecule has 1 amide bonds. The predicted molar refractivity (Wildman–Crippen MR) is 33.6 cm³/mol. The number of nitrogens with one attached hydrogen (secondary N) is 1. The lowest BCUT2D eigenvalue weighted by Gasteiger charge is -1.97. The topological polar surface area (TPSA) is 34.0 Å². The number of amides is 1. The van der Waals surface area contributed by atoms with Crippen LogP contribution in [0.15, 0.2) is 24.5 Å². The first kappa shape index (κ1) is 5.88. The van der Waals surface area contributed by atoms with Crippen molar-refractivity contribution in [3.63, 3.8) is 0 Å². The van der Waals surface area contributed by atoms with Crippen molar-refractivity contribution in [2.75, 3.05) is 0 Å². The molecule has 0 atom stereocenters. The molecule has 0 radical (unpaired) electrons. The molecule has 1 aromatic heterocycles. The van der Waals surface area contributed by atoms with E-state index in [0.717, 1.165) is 0 Å². The zero-order valence-corrected chi connectivity index (χ0v) is 4.95. The van der Waals surface area contributed by atoms with E-state index >= 15 is 0 Å². The van der Waals surface area contributed by atoms with Gasteiger partial charge in [-0.05, 0) is 12.1 Å². The van der Waals surface area contributed by atoms with E-state index in [2.05, 4.69) is 5.32 Å². The molecule has 1 aromatic rings. The fourth-order valence-electron chi connectivity index (χ4n) is 0.618. The van der Waals surface area contributed by atoms with Crippen LogP contribution < -0.4 is 5.32 Å². The Kier molecular flexibility index (Phi) is 1.90. The zero-order valence-electron chi connectivity index (χ0n) is 4.95. The van der Waals surface area contributed by atoms with E-state index in [1.807, 2.05) is 29.1 Å². The van der Waals surface area contributed by atoms with Crippen LogP contribution in [0.25, 0.3) is 0 Å². The van der Waals surface area contributed by atoms with Crippen molar-refractivity contribution >= 4 is 6.41 Å². The van der Waals surface area contributed by atoms with E-state index in [-0.39, 0.29) is 0 Å². The second-order valence-electron chi connectivity index (χ2n) is 1.68. The summed E-state index contributed by atoms with van der Waals surface area (Å²) in [6, 6.07) is 3.82. The van der Waals surface area contributed by atoms with Gasteiger partial charge < -0.3 is 9.88 Å². The highest BCUT2D eigenvalue weighted by Gasteiger charge is 1.81. The Morgan fingerprint density at radius 3 is 2.67 bits per heavy atom. The van der Waals surface area contributed by atoms with Gasteiger partial charge in [-0.15, -0.1) is 0 Å². The summed E-state index contributed by atoms with van der Waals surface area (Å²) in [6.45, 7) is 0.552. The van der Waals surface area contributed by atoms with Gasteiger partial charge in [0.05, 0.1) is 6.67 Å². The maximum Gasteiger partial charge on any atom is 0.208 e. The third kappa shape index (κ3) is 1.60. The van der Waals surface area contributed by atoms with Gasteiger partial charge in [-0.3, -0.25) is 4.79 Å². The van der Waals surface area contributed by atoms with Crippen LogP contribution in [0.5, 0.6) is 0 Å². The van der Waals surface area contributed by atoms with E-state index in [1.165, 1.54) is 0 Å². The Balaban J connectivity index is 2.38. The fourth-order valence-corrected chi connectivity index (χ4v) is 0.618. The van der Waals surface area contributed by atoms with E-state index in [0.29, 0.717) is 13.1 Å². The molecule has 0 spiro atoms. The summed E-state index contributed by atoms with van der Waals surface area (Å²) in [5.41, 5.74) is 0. The molecule has 0 aromatic carbocycles. The fraction of sp³-hybridized carbons (Fsp3) is 0.167. The minimum atomic E-state index is 0.552. The van der Waals surface area contributed by atoms with Crippen LogP contribution >= 0.6 is 0 Å². The molecule has 0 saturated carbocycles. The van der Waals surface area contributed by atoms with Crippen molar-refractivity contribution in [2.45, 2.75) is 6.67 Å². The van der Waals surface area contributed by atoms with E-state index in [9.17, 15) is 4.79 Å². The summed E-state index contributed by atoms with van der Waals surface area (Å²) in [5.74, 6) is 0. The van der Waals surface area contributed by atoms with Gasteiger partial charge in [0.2, 0.25) is 6.41 Å². The molecule has 0 aliphatic heterocycles. The quantitative estimate of drug-likeness (QED) is 0.573. The highest BCUT2D eigenvalue weighted by molar-refractivity contribution is 5.45. The van der Waals surface area contributed by atoms with Gasteiger partial charge >= 0.3 is 0 Å². The molecule has 1 N–H and O–H groups in total. The number of nitrogens with zero attached hydrogens (tertiary/aromatic N) is 1. The van der Waals surface area contributed by atoms with Crippen LogP contribution in [0.4, 0.5) is 0 Å². The predicted octanol–water partition coefficient (Wildman–Crippen LogP) is 0.192. The van der Waals surface area contributed by atoms with Crippen molar-refractivity contribution in [3.8, 4) is 0 Å². The lowest BCUT2D eigenvalue weighted by molar-refractivity contribution is -0.109. The van der Waals surface area contributed by atoms with Gasteiger partial charge in [-0.2, -0.15) is 0 Å². The van der Waals surface area contributed by atoms with Crippen LogP contribution in [-0.2, 0) is 11.5 Å². The number of hydrogen-bond acceptors (Lipinski definition) is 1. The minimum Gasteiger partial charge on any atom is -0.341 e. The highest BCUT2D eigenvalue weighted by Crippen LogP contribution is 1.85. The largest absolute Gasteiger partial charge is 0.341 e. The van der Waals surface area contributed by atoms with Gasteiger partial charge in [0.15, 0.2) is 0 Å². The molecule has 1 heterocycles. The highest BCUT2D eigenvalue weighted by atomic mass is 16.1. The van der Waals surface area contributed by atoms with Gasteiger partial charge in [0.25, 0.3) is 0 Å². The third-order valence-electron chi connectivity index (χ3n) is 1.02. The summed E-state index contributed by atoms with van der Waals surface area (Å²) in [7, 11) is 0. The van der Waals surface area contributed by atoms with Crippen molar-refractivity contribution in [1.82, 2.24) is 9.88 Å². The molecule has 0 saturated heterocycles. The van der Waals surface area contributed by atoms with Gasteiger partial charge in [-0.25, -0.2) is 0 Å². The van der Waals surface area contributed by atoms with Crippen molar-refractivity contribution < 1.29 is 4.79 Å². The smallest absolute Gasteiger partial charge is 0.208 e. The molecule has 9 heavy (non-hydrogen) atoms. The first-order valence-corrected chi connectivity index (χ1v) is 2.71. The summed E-state index contributed by atoms with van der Waals surface area (Å²) >= 11 is 0. The number of rotatable bonds is 3. The summed E-state index contributed by atoms with van der Waals surface area (Å²) in [6.07, 6.45) is 4.45. The maximum absolute atomic E-state index is 9.78. The third-order valence-corrected chi connectivity index (χ3v) is 1.02. The second-order valence-corrected chi connectivity index (χ2v) is 1.68. The lowest BCUT2D eigenvalue weighted by Crippen LogP contribution is -2.14. The molecule has 3 heteroatoms. The molecule has 0 bridgehead atoms. The van der Waals surface area contributed by atoms with Crippen LogP contribution in [0.3, 0.4) is 0 Å². The number of hydrogen-bond donors (Lipinski definition) is 1. The molecular weight excluding hydrogens is 116 g/mol. The van der Waals surface area contributed by atoms with Gasteiger partial charge in [0, 0.05) is 12.4 Å². The SMILES string of the molecule is O=CNCn1cccc1. The Hall–Kier alpha value is -1.25. The van der Waals surface area contributed by atoms with Crippen molar-refractivity contribution in [3.05, 3.63) is 24.5 Å². The molecule has 0 fully saturated rings. The molecule has 3 nitrogen and oxygen atoms in total. The van der Waals surface area contributed by atoms with Gasteiger partial charge in [-0.1, -0.05) is 0 Å². The van der Waals surface area contributed by atoms with Crippen LogP contribution in [0.2, 0.25) is 0 Å². The average Bonchev–Trinajstić information content (AvgIpc) is 2.34. The van der Waals surface area contributed by atoms with Crippen LogP contribution in [0, 0.1) is 0 Å². The average molecular weight is 124 g/mol. The van der Waals surface area contributed by atoms with E-state index in [4.69, 9.17) is 0 Å². The van der Waals surface area contributed by atoms with Crippen LogP contribution in [0.1, 0.15) is 0 Å². The monoisotopic (exact) mass is 124 g/mol. The number of aromatic nitrogens is 1. The second kappa shape index (κ2) is 2.91. The lowest BCUT2D eigenvalue weighted by atomic mass is 10.7. The maximum atomic E-state index is 9.78. The van der Waals surface area contributed by atoms with E-state index in [1.54, 1.807) is 0 Å². The molecular formula is C6H8N2O. The normalized spacial score (nSPS) is 8.89. The van der Waals surface area contributed by atoms with Gasteiger partial charge in [0.1, 0.15) is 0 Å². The minimum absolute atomic E-state index is 0.552. The molecule has 0 aliphatic carbocycles. The molecule has 0 unspecified atom stereocenters. The van der Waals surface area contributed by atoms with Crippen molar-refractivity contribution in [1.29, 1.82) is 0 Å². The standard InChI is InChI=1S/C6H8N2O/c9-6-7-5-8-3-1-2-4-8/h1-4,6H,5H2,(H,7,9). The Labute approximate surface area is 53.3 Å². The molecule has 1 rings (SSSR count). The molecule has 0 aliphatic rings.